The van der Waals surface area contributed by atoms with Crippen LogP contribution in [0.25, 0.3) is 6.08 Å². The summed E-state index contributed by atoms with van der Waals surface area (Å²) in [6.07, 6.45) is 6.26. The molecule has 1 atom stereocenters. The van der Waals surface area contributed by atoms with Gasteiger partial charge in [0.25, 0.3) is 5.91 Å². The van der Waals surface area contributed by atoms with Crippen LogP contribution in [0, 0.1) is 5.92 Å². The first-order valence-corrected chi connectivity index (χ1v) is 10.6. The summed E-state index contributed by atoms with van der Waals surface area (Å²) in [4.78, 5) is 40.2. The number of nitrogens with zero attached hydrogens (tertiary/aromatic N) is 2. The zero-order valence-corrected chi connectivity index (χ0v) is 17.6. The summed E-state index contributed by atoms with van der Waals surface area (Å²) in [6.45, 7) is 2.42. The minimum absolute atomic E-state index is 0.203. The van der Waals surface area contributed by atoms with Crippen molar-refractivity contribution < 1.29 is 19.5 Å². The van der Waals surface area contributed by atoms with Crippen LogP contribution in [0.1, 0.15) is 25.3 Å². The number of carbonyl (C=O) groups excluding carboxylic acids is 2. The second-order valence-corrected chi connectivity index (χ2v) is 8.63. The molecule has 0 bridgehead atoms. The van der Waals surface area contributed by atoms with E-state index in [1.807, 2.05) is 36.4 Å². The molecule has 1 aromatic rings. The molecule has 0 aliphatic carbocycles. The lowest BCUT2D eigenvalue weighted by atomic mass is 9.96. The Balaban J connectivity index is 1.64. The molecule has 152 valence electrons. The highest BCUT2D eigenvalue weighted by Gasteiger charge is 2.40. The van der Waals surface area contributed by atoms with Crippen LogP contribution in [0.2, 0.25) is 0 Å². The molecular formula is C21H22N2O4S2. The van der Waals surface area contributed by atoms with Crippen molar-refractivity contribution >= 4 is 52.2 Å². The second-order valence-electron chi connectivity index (χ2n) is 6.96. The third-order valence-electron chi connectivity index (χ3n) is 5.06. The molecule has 2 amide bonds. The molecule has 2 aliphatic heterocycles. The minimum Gasteiger partial charge on any atom is -0.481 e. The molecule has 0 saturated carbocycles. The van der Waals surface area contributed by atoms with E-state index < -0.39 is 17.9 Å². The molecule has 6 nitrogen and oxygen atoms in total. The fraction of sp³-hybridized carbons (Fsp3) is 0.333. The molecule has 3 rings (SSSR count). The van der Waals surface area contributed by atoms with Gasteiger partial charge in [0, 0.05) is 13.1 Å². The summed E-state index contributed by atoms with van der Waals surface area (Å²) in [7, 11) is 0. The standard InChI is InChI=1S/C21H22N2O4S2/c1-14(18(24)22-12-10-16(11-13-22)20(26)27)23-19(25)17(29-21(23)28)9-5-8-15-6-3-2-4-7-15/h2-9,14,16H,10-13H2,1H3,(H,26,27). The first-order chi connectivity index (χ1) is 13.9. The Hall–Kier alpha value is -2.45. The van der Waals surface area contributed by atoms with Gasteiger partial charge in [-0.1, -0.05) is 66.5 Å². The number of hydrogen-bond donors (Lipinski definition) is 1. The number of carboxylic acid groups (broad SMARTS) is 1. The van der Waals surface area contributed by atoms with Crippen LogP contribution >= 0.6 is 24.0 Å². The van der Waals surface area contributed by atoms with E-state index >= 15 is 0 Å². The predicted octanol–water partition coefficient (Wildman–Crippen LogP) is 3.16. The monoisotopic (exact) mass is 430 g/mol. The Kier molecular flexibility index (Phi) is 6.87. The Morgan fingerprint density at radius 2 is 1.90 bits per heavy atom. The maximum atomic E-state index is 12.8. The van der Waals surface area contributed by atoms with Gasteiger partial charge in [-0.25, -0.2) is 0 Å². The van der Waals surface area contributed by atoms with Gasteiger partial charge in [-0.2, -0.15) is 0 Å². The molecule has 2 aliphatic rings. The quantitative estimate of drug-likeness (QED) is 0.571. The van der Waals surface area contributed by atoms with Gasteiger partial charge in [-0.15, -0.1) is 0 Å². The predicted molar refractivity (Wildman–Crippen MR) is 117 cm³/mol. The molecule has 0 aromatic heterocycles. The van der Waals surface area contributed by atoms with Crippen LogP contribution in [-0.4, -0.2) is 56.1 Å². The van der Waals surface area contributed by atoms with E-state index in [9.17, 15) is 14.4 Å². The molecule has 29 heavy (non-hydrogen) atoms. The molecule has 0 radical (unpaired) electrons. The van der Waals surface area contributed by atoms with Gasteiger partial charge < -0.3 is 10.0 Å². The molecule has 1 aromatic carbocycles. The van der Waals surface area contributed by atoms with E-state index in [2.05, 4.69) is 0 Å². The lowest BCUT2D eigenvalue weighted by Gasteiger charge is -2.34. The fourth-order valence-electron chi connectivity index (χ4n) is 3.36. The highest BCUT2D eigenvalue weighted by molar-refractivity contribution is 8.26. The van der Waals surface area contributed by atoms with E-state index in [1.165, 1.54) is 16.7 Å². The van der Waals surface area contributed by atoms with E-state index in [1.54, 1.807) is 24.0 Å². The second kappa shape index (κ2) is 9.37. The van der Waals surface area contributed by atoms with Gasteiger partial charge in [0.05, 0.1) is 10.8 Å². The zero-order valence-electron chi connectivity index (χ0n) is 16.0. The molecule has 8 heteroatoms. The number of carbonyl (C=O) groups is 3. The van der Waals surface area contributed by atoms with Crippen LogP contribution in [-0.2, 0) is 14.4 Å². The maximum absolute atomic E-state index is 12.8. The van der Waals surface area contributed by atoms with Gasteiger partial charge in [0.1, 0.15) is 10.4 Å². The Morgan fingerprint density at radius 1 is 1.24 bits per heavy atom. The number of amides is 2. The van der Waals surface area contributed by atoms with E-state index in [0.717, 1.165) is 5.56 Å². The number of thioether (sulfide) groups is 1. The highest BCUT2D eigenvalue weighted by atomic mass is 32.2. The van der Waals surface area contributed by atoms with Crippen molar-refractivity contribution in [1.29, 1.82) is 0 Å². The van der Waals surface area contributed by atoms with Gasteiger partial charge in [0.2, 0.25) is 5.91 Å². The number of allylic oxidation sites excluding steroid dienone is 2. The summed E-state index contributed by atoms with van der Waals surface area (Å²) in [6, 6.07) is 9.02. The van der Waals surface area contributed by atoms with Crippen LogP contribution in [0.5, 0.6) is 0 Å². The Bertz CT molecular complexity index is 874. The summed E-state index contributed by atoms with van der Waals surface area (Å²) >= 11 is 6.53. The molecule has 0 spiro atoms. The average Bonchev–Trinajstić information content (AvgIpc) is 3.01. The number of piperidine rings is 1. The fourth-order valence-corrected chi connectivity index (χ4v) is 4.73. The number of likely N-dealkylation sites (tertiary alicyclic amines) is 1. The maximum Gasteiger partial charge on any atom is 0.306 e. The van der Waals surface area contributed by atoms with Crippen molar-refractivity contribution in [3.05, 3.63) is 53.0 Å². The van der Waals surface area contributed by atoms with Gasteiger partial charge in [-0.05, 0) is 31.4 Å². The van der Waals surface area contributed by atoms with Crippen LogP contribution in [0.15, 0.2) is 47.4 Å². The van der Waals surface area contributed by atoms with Crippen molar-refractivity contribution in [2.24, 2.45) is 5.92 Å². The smallest absolute Gasteiger partial charge is 0.306 e. The number of carboxylic acids is 1. The summed E-state index contributed by atoms with van der Waals surface area (Å²) < 4.78 is 0.357. The van der Waals surface area contributed by atoms with Crippen LogP contribution in [0.4, 0.5) is 0 Å². The van der Waals surface area contributed by atoms with Crippen molar-refractivity contribution in [3.8, 4) is 0 Å². The van der Waals surface area contributed by atoms with E-state index in [4.69, 9.17) is 17.3 Å². The Morgan fingerprint density at radius 3 is 2.52 bits per heavy atom. The van der Waals surface area contributed by atoms with Crippen LogP contribution in [0.3, 0.4) is 0 Å². The normalized spacial score (nSPS) is 20.7. The van der Waals surface area contributed by atoms with Gasteiger partial charge in [0.15, 0.2) is 0 Å². The molecule has 1 N–H and O–H groups in total. The van der Waals surface area contributed by atoms with Crippen LogP contribution < -0.4 is 0 Å². The third-order valence-corrected chi connectivity index (χ3v) is 6.41. The lowest BCUT2D eigenvalue weighted by molar-refractivity contribution is -0.147. The Labute approximate surface area is 179 Å². The summed E-state index contributed by atoms with van der Waals surface area (Å²) in [5.41, 5.74) is 1.02. The number of aliphatic carboxylic acids is 1. The molecule has 1 unspecified atom stereocenters. The topological polar surface area (TPSA) is 77.9 Å². The van der Waals surface area contributed by atoms with Gasteiger partial charge in [-0.3, -0.25) is 19.3 Å². The number of thiocarbonyl (C=S) groups is 1. The third kappa shape index (κ3) is 4.94. The van der Waals surface area contributed by atoms with Crippen molar-refractivity contribution in [2.45, 2.75) is 25.8 Å². The number of benzene rings is 1. The SMILES string of the molecule is CC(C(=O)N1CCC(C(=O)O)CC1)N1C(=O)C(=CC=Cc2ccccc2)SC1=S. The number of rotatable bonds is 5. The highest BCUT2D eigenvalue weighted by Crippen LogP contribution is 2.33. The zero-order chi connectivity index (χ0) is 21.0. The summed E-state index contributed by atoms with van der Waals surface area (Å²) in [5.74, 6) is -1.72. The molecule has 2 heterocycles. The minimum atomic E-state index is -0.823. The van der Waals surface area contributed by atoms with Crippen molar-refractivity contribution in [1.82, 2.24) is 9.80 Å². The lowest BCUT2D eigenvalue weighted by Crippen LogP contribution is -2.51. The van der Waals surface area contributed by atoms with Gasteiger partial charge >= 0.3 is 5.97 Å². The first kappa shape index (κ1) is 21.3. The molecular weight excluding hydrogens is 408 g/mol. The summed E-state index contributed by atoms with van der Waals surface area (Å²) in [5, 5.41) is 9.10. The van der Waals surface area contributed by atoms with E-state index in [-0.39, 0.29) is 11.8 Å². The van der Waals surface area contributed by atoms with Crippen molar-refractivity contribution in [3.63, 3.8) is 0 Å². The van der Waals surface area contributed by atoms with E-state index in [0.29, 0.717) is 35.2 Å². The van der Waals surface area contributed by atoms with Crippen molar-refractivity contribution in [2.75, 3.05) is 13.1 Å². The average molecular weight is 431 g/mol. The molecule has 2 saturated heterocycles. The largest absolute Gasteiger partial charge is 0.481 e. The number of hydrogen-bond acceptors (Lipinski definition) is 5. The first-order valence-electron chi connectivity index (χ1n) is 9.39. The molecule has 2 fully saturated rings.